The molecule has 0 saturated carbocycles. The van der Waals surface area contributed by atoms with E-state index in [2.05, 4.69) is 22.2 Å². The van der Waals surface area contributed by atoms with Crippen LogP contribution in [0.4, 0.5) is 11.4 Å². The maximum absolute atomic E-state index is 9.69. The summed E-state index contributed by atoms with van der Waals surface area (Å²) in [5, 5.41) is 14.9. The van der Waals surface area contributed by atoms with Crippen molar-refractivity contribution in [3.05, 3.63) is 61.1 Å². The zero-order valence-electron chi connectivity index (χ0n) is 17.2. The second-order valence-electron chi connectivity index (χ2n) is 6.95. The highest BCUT2D eigenvalue weighted by Gasteiger charge is 2.13. The average Bonchev–Trinajstić information content (AvgIpc) is 3.22. The monoisotopic (exact) mass is 404 g/mol. The van der Waals surface area contributed by atoms with Gasteiger partial charge in [-0.25, -0.2) is 0 Å². The van der Waals surface area contributed by atoms with Crippen molar-refractivity contribution in [3.63, 3.8) is 0 Å². The first-order valence-electron chi connectivity index (χ1n) is 9.61. The van der Waals surface area contributed by atoms with Crippen LogP contribution >= 0.6 is 0 Å². The molecule has 0 bridgehead atoms. The molecule has 2 aromatic carbocycles. The SMILES string of the molecule is COc1cc(OC)cc(N(CCO)c2ccc3ncc(-c4cnn(C)c4)cc3c2)c1. The highest BCUT2D eigenvalue weighted by Crippen LogP contribution is 2.34. The number of benzene rings is 2. The molecular weight excluding hydrogens is 380 g/mol. The van der Waals surface area contributed by atoms with Crippen LogP contribution in [-0.4, -0.2) is 47.2 Å². The number of aromatic nitrogens is 3. The third-order valence-electron chi connectivity index (χ3n) is 4.99. The third-order valence-corrected chi connectivity index (χ3v) is 4.99. The Balaban J connectivity index is 1.78. The zero-order chi connectivity index (χ0) is 21.1. The molecule has 30 heavy (non-hydrogen) atoms. The number of fused-ring (bicyclic) bond motifs is 1. The van der Waals surface area contributed by atoms with Gasteiger partial charge in [0.25, 0.3) is 0 Å². The van der Waals surface area contributed by atoms with E-state index in [1.165, 1.54) is 0 Å². The van der Waals surface area contributed by atoms with Gasteiger partial charge in [-0.15, -0.1) is 0 Å². The molecule has 4 aromatic rings. The zero-order valence-corrected chi connectivity index (χ0v) is 17.2. The summed E-state index contributed by atoms with van der Waals surface area (Å²) in [6, 6.07) is 13.8. The van der Waals surface area contributed by atoms with Crippen LogP contribution in [0, 0.1) is 0 Å². The number of aliphatic hydroxyl groups is 1. The normalized spacial score (nSPS) is 10.9. The number of aliphatic hydroxyl groups excluding tert-OH is 1. The van der Waals surface area contributed by atoms with Crippen molar-refractivity contribution in [3.8, 4) is 22.6 Å². The van der Waals surface area contributed by atoms with Gasteiger partial charge in [-0.1, -0.05) is 0 Å². The van der Waals surface area contributed by atoms with E-state index < -0.39 is 0 Å². The van der Waals surface area contributed by atoms with Crippen molar-refractivity contribution < 1.29 is 14.6 Å². The van der Waals surface area contributed by atoms with Crippen molar-refractivity contribution in [1.29, 1.82) is 0 Å². The van der Waals surface area contributed by atoms with Crippen molar-refractivity contribution in [1.82, 2.24) is 14.8 Å². The van der Waals surface area contributed by atoms with Gasteiger partial charge in [0, 0.05) is 72.1 Å². The molecule has 0 aliphatic heterocycles. The topological polar surface area (TPSA) is 72.6 Å². The summed E-state index contributed by atoms with van der Waals surface area (Å²) in [6.45, 7) is 0.434. The Morgan fingerprint density at radius 1 is 0.933 bits per heavy atom. The minimum absolute atomic E-state index is 0.00549. The molecule has 0 unspecified atom stereocenters. The molecular formula is C23H24N4O3. The maximum Gasteiger partial charge on any atom is 0.124 e. The van der Waals surface area contributed by atoms with E-state index in [0.29, 0.717) is 18.0 Å². The predicted octanol–water partition coefficient (Wildman–Crippen LogP) is 3.78. The van der Waals surface area contributed by atoms with Gasteiger partial charge >= 0.3 is 0 Å². The molecule has 7 heteroatoms. The Labute approximate surface area is 175 Å². The number of hydrogen-bond donors (Lipinski definition) is 1. The number of nitrogens with zero attached hydrogens (tertiary/aromatic N) is 4. The van der Waals surface area contributed by atoms with Crippen LogP contribution in [0.5, 0.6) is 11.5 Å². The molecule has 154 valence electrons. The lowest BCUT2D eigenvalue weighted by Crippen LogP contribution is -2.21. The maximum atomic E-state index is 9.69. The van der Waals surface area contributed by atoms with E-state index in [4.69, 9.17) is 9.47 Å². The Morgan fingerprint density at radius 3 is 2.33 bits per heavy atom. The smallest absolute Gasteiger partial charge is 0.124 e. The van der Waals surface area contributed by atoms with Gasteiger partial charge in [-0.3, -0.25) is 9.67 Å². The highest BCUT2D eigenvalue weighted by molar-refractivity contribution is 5.87. The molecule has 0 radical (unpaired) electrons. The molecule has 0 saturated heterocycles. The summed E-state index contributed by atoms with van der Waals surface area (Å²) in [7, 11) is 5.14. The van der Waals surface area contributed by atoms with Gasteiger partial charge in [-0.05, 0) is 24.3 Å². The van der Waals surface area contributed by atoms with Crippen molar-refractivity contribution in [2.75, 3.05) is 32.3 Å². The molecule has 0 amide bonds. The summed E-state index contributed by atoms with van der Waals surface area (Å²) in [5.41, 5.74) is 4.73. The number of aryl methyl sites for hydroxylation is 1. The van der Waals surface area contributed by atoms with E-state index in [9.17, 15) is 5.11 Å². The van der Waals surface area contributed by atoms with Crippen LogP contribution in [-0.2, 0) is 7.05 Å². The number of methoxy groups -OCH3 is 2. The van der Waals surface area contributed by atoms with Crippen LogP contribution < -0.4 is 14.4 Å². The van der Waals surface area contributed by atoms with Crippen LogP contribution in [0.1, 0.15) is 0 Å². The van der Waals surface area contributed by atoms with Gasteiger partial charge in [-0.2, -0.15) is 5.10 Å². The molecule has 0 aliphatic carbocycles. The summed E-state index contributed by atoms with van der Waals surface area (Å²) >= 11 is 0. The number of anilines is 2. The average molecular weight is 404 g/mol. The Morgan fingerprint density at radius 2 is 1.70 bits per heavy atom. The highest BCUT2D eigenvalue weighted by atomic mass is 16.5. The lowest BCUT2D eigenvalue weighted by molar-refractivity contribution is 0.305. The second-order valence-corrected chi connectivity index (χ2v) is 6.95. The van der Waals surface area contributed by atoms with E-state index in [0.717, 1.165) is 33.4 Å². The number of rotatable bonds is 7. The first kappa shape index (κ1) is 19.7. The molecule has 0 atom stereocenters. The van der Waals surface area contributed by atoms with Crippen LogP contribution in [0.2, 0.25) is 0 Å². The number of ether oxygens (including phenoxy) is 2. The second kappa shape index (κ2) is 8.42. The van der Waals surface area contributed by atoms with Gasteiger partial charge < -0.3 is 19.5 Å². The summed E-state index contributed by atoms with van der Waals surface area (Å²) < 4.78 is 12.6. The minimum atomic E-state index is 0.00549. The predicted molar refractivity (Wildman–Crippen MR) is 118 cm³/mol. The van der Waals surface area contributed by atoms with Gasteiger partial charge in [0.2, 0.25) is 0 Å². The van der Waals surface area contributed by atoms with E-state index in [1.807, 2.05) is 60.9 Å². The van der Waals surface area contributed by atoms with Crippen molar-refractivity contribution >= 4 is 22.3 Å². The van der Waals surface area contributed by atoms with E-state index >= 15 is 0 Å². The van der Waals surface area contributed by atoms with Gasteiger partial charge in [0.15, 0.2) is 0 Å². The molecule has 2 aromatic heterocycles. The van der Waals surface area contributed by atoms with Gasteiger partial charge in [0.05, 0.1) is 32.5 Å². The first-order valence-corrected chi connectivity index (χ1v) is 9.61. The van der Waals surface area contributed by atoms with Crippen molar-refractivity contribution in [2.45, 2.75) is 0 Å². The molecule has 4 rings (SSSR count). The standard InChI is InChI=1S/C23H24N4O3/c1-26-15-18(14-25-26)17-8-16-9-19(4-5-23(16)24-13-17)27(6-7-28)20-10-21(29-2)12-22(11-20)30-3/h4-5,8-15,28H,6-7H2,1-3H3. The lowest BCUT2D eigenvalue weighted by atomic mass is 10.1. The first-order chi connectivity index (χ1) is 14.6. The van der Waals surface area contributed by atoms with Gasteiger partial charge in [0.1, 0.15) is 11.5 Å². The van der Waals surface area contributed by atoms with Crippen LogP contribution in [0.15, 0.2) is 61.1 Å². The summed E-state index contributed by atoms with van der Waals surface area (Å²) in [5.74, 6) is 1.38. The fourth-order valence-electron chi connectivity index (χ4n) is 3.47. The Hall–Kier alpha value is -3.58. The third kappa shape index (κ3) is 3.92. The quantitative estimate of drug-likeness (QED) is 0.505. The van der Waals surface area contributed by atoms with Crippen LogP contribution in [0.3, 0.4) is 0 Å². The molecule has 0 fully saturated rings. The fraction of sp³-hybridized carbons (Fsp3) is 0.217. The number of hydrogen-bond acceptors (Lipinski definition) is 6. The minimum Gasteiger partial charge on any atom is -0.497 e. The number of pyridine rings is 1. The van der Waals surface area contributed by atoms with E-state index in [1.54, 1.807) is 18.9 Å². The van der Waals surface area contributed by atoms with E-state index in [-0.39, 0.29) is 6.61 Å². The lowest BCUT2D eigenvalue weighted by Gasteiger charge is -2.25. The fourth-order valence-corrected chi connectivity index (χ4v) is 3.47. The Bertz CT molecular complexity index is 1150. The molecule has 2 heterocycles. The Kier molecular flexibility index (Phi) is 5.54. The summed E-state index contributed by atoms with van der Waals surface area (Å²) in [6.07, 6.45) is 5.65. The molecule has 1 N–H and O–H groups in total. The molecule has 7 nitrogen and oxygen atoms in total. The summed E-state index contributed by atoms with van der Waals surface area (Å²) in [4.78, 5) is 6.62. The van der Waals surface area contributed by atoms with Crippen molar-refractivity contribution in [2.24, 2.45) is 7.05 Å². The molecule has 0 aliphatic rings. The largest absolute Gasteiger partial charge is 0.497 e. The van der Waals surface area contributed by atoms with Crippen LogP contribution in [0.25, 0.3) is 22.0 Å². The molecule has 0 spiro atoms.